The first-order valence-electron chi connectivity index (χ1n) is 10.1. The molecule has 0 aliphatic rings. The van der Waals surface area contributed by atoms with Crippen molar-refractivity contribution in [2.75, 3.05) is 13.1 Å². The summed E-state index contributed by atoms with van der Waals surface area (Å²) in [6.45, 7) is 8.35. The Labute approximate surface area is 168 Å². The first-order chi connectivity index (χ1) is 13.6. The number of nitrogens with one attached hydrogen (secondary N) is 3. The topological polar surface area (TPSA) is 65.5 Å². The zero-order valence-corrected chi connectivity index (χ0v) is 17.2. The van der Waals surface area contributed by atoms with Gasteiger partial charge in [-0.15, -0.1) is 0 Å². The molecule has 28 heavy (non-hydrogen) atoms. The predicted octanol–water partition coefficient (Wildman–Crippen LogP) is 4.03. The molecule has 1 amide bonds. The smallest absolute Gasteiger partial charge is 0.251 e. The number of rotatable bonds is 9. The van der Waals surface area contributed by atoms with Crippen LogP contribution in [-0.4, -0.2) is 25.0 Å². The lowest BCUT2D eigenvalue weighted by molar-refractivity contribution is 0.0953. The second-order valence-corrected chi connectivity index (χ2v) is 6.78. The van der Waals surface area contributed by atoms with E-state index < -0.39 is 0 Å². The molecule has 2 rings (SSSR count). The maximum absolute atomic E-state index is 12.1. The van der Waals surface area contributed by atoms with Crippen molar-refractivity contribution in [2.45, 2.75) is 46.2 Å². The standard InChI is InChI=1S/C23H32N4O/c1-4-6-16-25-22(28)21-14-12-19(13-15-21)17-26-23(24-5-2)27-18(3)20-10-8-7-9-11-20/h7-15,18H,4-6,16-17H2,1-3H3,(H,25,28)(H2,24,26,27). The normalized spacial score (nSPS) is 12.3. The maximum atomic E-state index is 12.1. The molecule has 0 spiro atoms. The Bertz CT molecular complexity index is 741. The minimum Gasteiger partial charge on any atom is -0.357 e. The van der Waals surface area contributed by atoms with Crippen LogP contribution in [-0.2, 0) is 6.54 Å². The van der Waals surface area contributed by atoms with E-state index in [0.717, 1.165) is 37.5 Å². The monoisotopic (exact) mass is 380 g/mol. The van der Waals surface area contributed by atoms with Gasteiger partial charge in [-0.25, -0.2) is 4.99 Å². The number of benzene rings is 2. The van der Waals surface area contributed by atoms with E-state index in [0.29, 0.717) is 12.1 Å². The number of aliphatic imine (C=N–C) groups is 1. The molecule has 3 N–H and O–H groups in total. The van der Waals surface area contributed by atoms with Gasteiger partial charge in [0.1, 0.15) is 0 Å². The summed E-state index contributed by atoms with van der Waals surface area (Å²) in [7, 11) is 0. The van der Waals surface area contributed by atoms with E-state index in [1.165, 1.54) is 5.56 Å². The third kappa shape index (κ3) is 7.06. The number of carbonyl (C=O) groups is 1. The van der Waals surface area contributed by atoms with Crippen LogP contribution in [0.5, 0.6) is 0 Å². The van der Waals surface area contributed by atoms with Gasteiger partial charge in [0.15, 0.2) is 5.96 Å². The third-order valence-corrected chi connectivity index (χ3v) is 4.45. The Morgan fingerprint density at radius 2 is 1.71 bits per heavy atom. The summed E-state index contributed by atoms with van der Waals surface area (Å²) in [4.78, 5) is 16.8. The highest BCUT2D eigenvalue weighted by Crippen LogP contribution is 2.11. The summed E-state index contributed by atoms with van der Waals surface area (Å²) < 4.78 is 0. The Balaban J connectivity index is 1.95. The van der Waals surface area contributed by atoms with Crippen molar-refractivity contribution in [1.82, 2.24) is 16.0 Å². The first kappa shape index (κ1) is 21.5. The van der Waals surface area contributed by atoms with Crippen molar-refractivity contribution in [2.24, 2.45) is 4.99 Å². The fourth-order valence-electron chi connectivity index (χ4n) is 2.76. The van der Waals surface area contributed by atoms with E-state index in [1.54, 1.807) is 0 Å². The van der Waals surface area contributed by atoms with Gasteiger partial charge in [-0.05, 0) is 43.5 Å². The predicted molar refractivity (Wildman–Crippen MR) is 116 cm³/mol. The van der Waals surface area contributed by atoms with Crippen molar-refractivity contribution in [3.8, 4) is 0 Å². The van der Waals surface area contributed by atoms with Gasteiger partial charge in [0.2, 0.25) is 0 Å². The van der Waals surface area contributed by atoms with Crippen molar-refractivity contribution < 1.29 is 4.79 Å². The summed E-state index contributed by atoms with van der Waals surface area (Å²) in [5.41, 5.74) is 2.97. The van der Waals surface area contributed by atoms with E-state index in [4.69, 9.17) is 0 Å². The zero-order valence-electron chi connectivity index (χ0n) is 17.2. The maximum Gasteiger partial charge on any atom is 0.251 e. The van der Waals surface area contributed by atoms with Crippen LogP contribution in [0.3, 0.4) is 0 Å². The molecule has 0 bridgehead atoms. The van der Waals surface area contributed by atoms with Crippen LogP contribution < -0.4 is 16.0 Å². The van der Waals surface area contributed by atoms with Crippen LogP contribution in [0.1, 0.15) is 61.1 Å². The Kier molecular flexibility index (Phi) is 9.05. The van der Waals surface area contributed by atoms with E-state index in [1.807, 2.05) is 42.5 Å². The van der Waals surface area contributed by atoms with Crippen LogP contribution >= 0.6 is 0 Å². The summed E-state index contributed by atoms with van der Waals surface area (Å²) >= 11 is 0. The molecule has 2 aromatic carbocycles. The number of hydrogen-bond donors (Lipinski definition) is 3. The van der Waals surface area contributed by atoms with Crippen LogP contribution in [0.15, 0.2) is 59.6 Å². The van der Waals surface area contributed by atoms with Gasteiger partial charge in [0.05, 0.1) is 12.6 Å². The van der Waals surface area contributed by atoms with Gasteiger partial charge < -0.3 is 16.0 Å². The summed E-state index contributed by atoms with van der Waals surface area (Å²) in [6, 6.07) is 18.1. The second kappa shape index (κ2) is 11.8. The molecular weight excluding hydrogens is 348 g/mol. The number of guanidine groups is 1. The fraction of sp³-hybridized carbons (Fsp3) is 0.391. The lowest BCUT2D eigenvalue weighted by atomic mass is 10.1. The molecule has 0 aromatic heterocycles. The molecule has 0 saturated heterocycles. The van der Waals surface area contributed by atoms with Gasteiger partial charge in [-0.3, -0.25) is 4.79 Å². The Hall–Kier alpha value is -2.82. The number of carbonyl (C=O) groups excluding carboxylic acids is 1. The highest BCUT2D eigenvalue weighted by Gasteiger charge is 2.08. The van der Waals surface area contributed by atoms with Crippen LogP contribution in [0.25, 0.3) is 0 Å². The van der Waals surface area contributed by atoms with E-state index in [-0.39, 0.29) is 11.9 Å². The van der Waals surface area contributed by atoms with Crippen LogP contribution in [0.2, 0.25) is 0 Å². The third-order valence-electron chi connectivity index (χ3n) is 4.45. The molecule has 150 valence electrons. The van der Waals surface area contributed by atoms with Crippen molar-refractivity contribution in [3.05, 3.63) is 71.3 Å². The minimum atomic E-state index is -0.0183. The molecular formula is C23H32N4O. The average Bonchev–Trinajstić information content (AvgIpc) is 2.73. The molecule has 0 radical (unpaired) electrons. The van der Waals surface area contributed by atoms with Gasteiger partial charge in [-0.1, -0.05) is 55.8 Å². The molecule has 5 nitrogen and oxygen atoms in total. The second-order valence-electron chi connectivity index (χ2n) is 6.78. The Morgan fingerprint density at radius 3 is 2.36 bits per heavy atom. The van der Waals surface area contributed by atoms with Crippen LogP contribution in [0, 0.1) is 0 Å². The molecule has 5 heteroatoms. The summed E-state index contributed by atoms with van der Waals surface area (Å²) in [5.74, 6) is 0.760. The lowest BCUT2D eigenvalue weighted by Crippen LogP contribution is -2.38. The highest BCUT2D eigenvalue weighted by atomic mass is 16.1. The molecule has 1 atom stereocenters. The van der Waals surface area contributed by atoms with Crippen molar-refractivity contribution in [1.29, 1.82) is 0 Å². The zero-order chi connectivity index (χ0) is 20.2. The molecule has 0 saturated carbocycles. The number of unbranched alkanes of at least 4 members (excludes halogenated alkanes) is 1. The molecule has 0 fully saturated rings. The first-order valence-corrected chi connectivity index (χ1v) is 10.1. The van der Waals surface area contributed by atoms with E-state index >= 15 is 0 Å². The van der Waals surface area contributed by atoms with Crippen LogP contribution in [0.4, 0.5) is 0 Å². The van der Waals surface area contributed by atoms with Gasteiger partial charge >= 0.3 is 0 Å². The van der Waals surface area contributed by atoms with E-state index in [9.17, 15) is 4.79 Å². The van der Waals surface area contributed by atoms with Crippen molar-refractivity contribution in [3.63, 3.8) is 0 Å². The molecule has 2 aromatic rings. The highest BCUT2D eigenvalue weighted by molar-refractivity contribution is 5.94. The Morgan fingerprint density at radius 1 is 1.00 bits per heavy atom. The molecule has 1 unspecified atom stereocenters. The average molecular weight is 381 g/mol. The van der Waals surface area contributed by atoms with Gasteiger partial charge in [0.25, 0.3) is 5.91 Å². The molecule has 0 heterocycles. The lowest BCUT2D eigenvalue weighted by Gasteiger charge is -2.18. The minimum absolute atomic E-state index is 0.0183. The van der Waals surface area contributed by atoms with E-state index in [2.05, 4.69) is 53.8 Å². The molecule has 0 aliphatic carbocycles. The van der Waals surface area contributed by atoms with Gasteiger partial charge in [-0.2, -0.15) is 0 Å². The number of hydrogen-bond acceptors (Lipinski definition) is 2. The SMILES string of the molecule is CCCCNC(=O)c1ccc(CN=C(NCC)NC(C)c2ccccc2)cc1. The van der Waals surface area contributed by atoms with Crippen molar-refractivity contribution >= 4 is 11.9 Å². The number of amides is 1. The summed E-state index contributed by atoms with van der Waals surface area (Å²) in [6.07, 6.45) is 2.07. The van der Waals surface area contributed by atoms with Gasteiger partial charge in [0, 0.05) is 18.7 Å². The fourth-order valence-corrected chi connectivity index (χ4v) is 2.76. The summed E-state index contributed by atoms with van der Waals surface area (Å²) in [5, 5.41) is 9.66. The quantitative estimate of drug-likeness (QED) is 0.350. The largest absolute Gasteiger partial charge is 0.357 e. The molecule has 0 aliphatic heterocycles. The number of nitrogens with zero attached hydrogens (tertiary/aromatic N) is 1.